The number of aromatic nitrogens is 3. The van der Waals surface area contributed by atoms with E-state index in [-0.39, 0.29) is 0 Å². The first-order valence-electron chi connectivity index (χ1n) is 10.1. The molecule has 0 aliphatic carbocycles. The van der Waals surface area contributed by atoms with Gasteiger partial charge in [0.25, 0.3) is 0 Å². The molecule has 7 heteroatoms. The molecule has 3 N–H and O–H groups in total. The van der Waals surface area contributed by atoms with Gasteiger partial charge in [0.1, 0.15) is 23.7 Å². The first-order valence-corrected chi connectivity index (χ1v) is 10.1. The topological polar surface area (TPSA) is 84.0 Å². The van der Waals surface area contributed by atoms with E-state index in [0.717, 1.165) is 48.2 Å². The predicted molar refractivity (Wildman–Crippen MR) is 122 cm³/mol. The van der Waals surface area contributed by atoms with Crippen LogP contribution in [-0.4, -0.2) is 42.7 Å². The maximum absolute atomic E-state index is 5.60. The second kappa shape index (κ2) is 10.5. The summed E-state index contributed by atoms with van der Waals surface area (Å²) in [6, 6.07) is 12.3. The zero-order valence-electron chi connectivity index (χ0n) is 18.1. The van der Waals surface area contributed by atoms with Crippen molar-refractivity contribution < 1.29 is 4.74 Å². The average molecular weight is 407 g/mol. The van der Waals surface area contributed by atoms with Gasteiger partial charge >= 0.3 is 0 Å². The van der Waals surface area contributed by atoms with Gasteiger partial charge in [-0.2, -0.15) is 0 Å². The molecule has 158 valence electrons. The van der Waals surface area contributed by atoms with Gasteiger partial charge < -0.3 is 20.7 Å². The molecule has 2 aromatic heterocycles. The SMILES string of the molecule is CNCc1ccc(CC(C)CNc2cc(-c3ccc(NC)nc3)ncn2)c(OC)c1. The summed E-state index contributed by atoms with van der Waals surface area (Å²) in [6.07, 6.45) is 4.31. The summed E-state index contributed by atoms with van der Waals surface area (Å²) in [5.74, 6) is 2.98. The van der Waals surface area contributed by atoms with Gasteiger partial charge in [-0.15, -0.1) is 0 Å². The fourth-order valence-corrected chi connectivity index (χ4v) is 3.30. The fourth-order valence-electron chi connectivity index (χ4n) is 3.30. The summed E-state index contributed by atoms with van der Waals surface area (Å²) >= 11 is 0. The zero-order chi connectivity index (χ0) is 21.3. The van der Waals surface area contributed by atoms with Gasteiger partial charge in [0.15, 0.2) is 0 Å². The van der Waals surface area contributed by atoms with Crippen molar-refractivity contribution in [2.75, 3.05) is 38.4 Å². The third-order valence-electron chi connectivity index (χ3n) is 4.91. The van der Waals surface area contributed by atoms with Crippen LogP contribution in [0.1, 0.15) is 18.1 Å². The van der Waals surface area contributed by atoms with E-state index in [4.69, 9.17) is 4.74 Å². The van der Waals surface area contributed by atoms with Gasteiger partial charge in [-0.05, 0) is 48.7 Å². The zero-order valence-corrected chi connectivity index (χ0v) is 18.1. The second-order valence-corrected chi connectivity index (χ2v) is 7.34. The number of anilines is 2. The molecule has 30 heavy (non-hydrogen) atoms. The quantitative estimate of drug-likeness (QED) is 0.474. The molecular formula is C23H30N6O. The highest BCUT2D eigenvalue weighted by molar-refractivity contribution is 5.62. The van der Waals surface area contributed by atoms with Crippen molar-refractivity contribution in [2.45, 2.75) is 19.9 Å². The van der Waals surface area contributed by atoms with E-state index in [2.05, 4.69) is 56.0 Å². The molecule has 0 aliphatic heterocycles. The molecule has 7 nitrogen and oxygen atoms in total. The van der Waals surface area contributed by atoms with Crippen LogP contribution in [0.15, 0.2) is 48.9 Å². The Kier molecular flexibility index (Phi) is 7.57. The number of methoxy groups -OCH3 is 1. The van der Waals surface area contributed by atoms with Crippen molar-refractivity contribution in [3.05, 3.63) is 60.0 Å². The Morgan fingerprint density at radius 2 is 1.87 bits per heavy atom. The molecule has 3 aromatic rings. The van der Waals surface area contributed by atoms with Crippen molar-refractivity contribution in [3.63, 3.8) is 0 Å². The van der Waals surface area contributed by atoms with Crippen LogP contribution in [0.2, 0.25) is 0 Å². The molecule has 0 radical (unpaired) electrons. The van der Waals surface area contributed by atoms with E-state index in [1.165, 1.54) is 11.1 Å². The summed E-state index contributed by atoms with van der Waals surface area (Å²) in [5.41, 5.74) is 4.23. The summed E-state index contributed by atoms with van der Waals surface area (Å²) < 4.78 is 5.60. The maximum atomic E-state index is 5.60. The second-order valence-electron chi connectivity index (χ2n) is 7.34. The monoisotopic (exact) mass is 406 g/mol. The minimum Gasteiger partial charge on any atom is -0.496 e. The predicted octanol–water partition coefficient (Wildman–Crippen LogP) is 3.60. The van der Waals surface area contributed by atoms with Crippen LogP contribution in [-0.2, 0) is 13.0 Å². The number of hydrogen-bond acceptors (Lipinski definition) is 7. The molecule has 0 saturated carbocycles. The third-order valence-corrected chi connectivity index (χ3v) is 4.91. The fraction of sp³-hybridized carbons (Fsp3) is 0.348. The van der Waals surface area contributed by atoms with Gasteiger partial charge in [-0.3, -0.25) is 0 Å². The molecule has 0 saturated heterocycles. The molecule has 1 atom stereocenters. The molecule has 0 amide bonds. The van der Waals surface area contributed by atoms with Crippen LogP contribution in [0.3, 0.4) is 0 Å². The van der Waals surface area contributed by atoms with Crippen molar-refractivity contribution in [1.29, 1.82) is 0 Å². The van der Waals surface area contributed by atoms with Gasteiger partial charge in [0.2, 0.25) is 0 Å². The molecular weight excluding hydrogens is 376 g/mol. The molecule has 0 aliphatic rings. The Morgan fingerprint density at radius 1 is 1.00 bits per heavy atom. The summed E-state index contributed by atoms with van der Waals surface area (Å²) in [4.78, 5) is 13.1. The number of nitrogens with one attached hydrogen (secondary N) is 3. The van der Waals surface area contributed by atoms with Crippen molar-refractivity contribution >= 4 is 11.6 Å². The van der Waals surface area contributed by atoms with Crippen LogP contribution in [0.4, 0.5) is 11.6 Å². The van der Waals surface area contributed by atoms with E-state index < -0.39 is 0 Å². The third kappa shape index (κ3) is 5.67. The highest BCUT2D eigenvalue weighted by atomic mass is 16.5. The molecule has 1 unspecified atom stereocenters. The van der Waals surface area contributed by atoms with E-state index in [1.54, 1.807) is 13.4 Å². The summed E-state index contributed by atoms with van der Waals surface area (Å²) in [5, 5.41) is 9.62. The smallest absolute Gasteiger partial charge is 0.129 e. The van der Waals surface area contributed by atoms with Gasteiger partial charge in [0.05, 0.1) is 12.8 Å². The first kappa shape index (κ1) is 21.5. The Hall–Kier alpha value is -3.19. The number of pyridine rings is 1. The molecule has 1 aromatic carbocycles. The van der Waals surface area contributed by atoms with Crippen LogP contribution in [0.25, 0.3) is 11.3 Å². The van der Waals surface area contributed by atoms with Crippen LogP contribution in [0.5, 0.6) is 5.75 Å². The first-order chi connectivity index (χ1) is 14.6. The molecule has 0 fully saturated rings. The lowest BCUT2D eigenvalue weighted by molar-refractivity contribution is 0.405. The number of ether oxygens (including phenoxy) is 1. The van der Waals surface area contributed by atoms with E-state index in [1.807, 2.05) is 38.5 Å². The Labute approximate surface area is 178 Å². The minimum atomic E-state index is 0.407. The molecule has 0 spiro atoms. The lowest BCUT2D eigenvalue weighted by atomic mass is 9.99. The van der Waals surface area contributed by atoms with E-state index in [9.17, 15) is 0 Å². The van der Waals surface area contributed by atoms with Gasteiger partial charge in [-0.25, -0.2) is 15.0 Å². The van der Waals surface area contributed by atoms with Gasteiger partial charge in [0, 0.05) is 38.0 Å². The highest BCUT2D eigenvalue weighted by Crippen LogP contribution is 2.24. The van der Waals surface area contributed by atoms with Crippen molar-refractivity contribution in [1.82, 2.24) is 20.3 Å². The average Bonchev–Trinajstić information content (AvgIpc) is 2.79. The number of hydrogen-bond donors (Lipinski definition) is 3. The Balaban J connectivity index is 1.61. The van der Waals surface area contributed by atoms with E-state index >= 15 is 0 Å². The Bertz CT molecular complexity index is 945. The van der Waals surface area contributed by atoms with Crippen LogP contribution >= 0.6 is 0 Å². The molecule has 3 rings (SSSR count). The molecule has 2 heterocycles. The number of rotatable bonds is 10. The highest BCUT2D eigenvalue weighted by Gasteiger charge is 2.10. The molecule has 0 bridgehead atoms. The largest absolute Gasteiger partial charge is 0.496 e. The van der Waals surface area contributed by atoms with Gasteiger partial charge in [-0.1, -0.05) is 19.1 Å². The van der Waals surface area contributed by atoms with Crippen LogP contribution < -0.4 is 20.7 Å². The standard InChI is InChI=1S/C23H30N6O/c1-16(9-18-6-5-17(13-24-2)10-21(18)30-4)12-26-23-11-20(28-15-29-23)19-7-8-22(25-3)27-14-19/h5-8,10-11,14-16,24H,9,12-13H2,1-4H3,(H,25,27)(H,26,28,29). The maximum Gasteiger partial charge on any atom is 0.129 e. The lowest BCUT2D eigenvalue weighted by Gasteiger charge is -2.16. The Morgan fingerprint density at radius 3 is 2.57 bits per heavy atom. The van der Waals surface area contributed by atoms with E-state index in [0.29, 0.717) is 5.92 Å². The normalized spacial score (nSPS) is 11.7. The minimum absolute atomic E-state index is 0.407. The van der Waals surface area contributed by atoms with Crippen LogP contribution in [0, 0.1) is 5.92 Å². The number of nitrogens with zero attached hydrogens (tertiary/aromatic N) is 3. The summed E-state index contributed by atoms with van der Waals surface area (Å²) in [6.45, 7) is 3.85. The van der Waals surface area contributed by atoms with Crippen molar-refractivity contribution in [3.8, 4) is 17.0 Å². The van der Waals surface area contributed by atoms with Crippen molar-refractivity contribution in [2.24, 2.45) is 5.92 Å². The number of benzene rings is 1. The summed E-state index contributed by atoms with van der Waals surface area (Å²) in [7, 11) is 5.52. The lowest BCUT2D eigenvalue weighted by Crippen LogP contribution is -2.15.